The summed E-state index contributed by atoms with van der Waals surface area (Å²) in [6, 6.07) is 3.78. The summed E-state index contributed by atoms with van der Waals surface area (Å²) in [7, 11) is 0. The number of aliphatic imine (C=N–C) groups is 1. The molecular weight excluding hydrogens is 140 g/mol. The fourth-order valence-electron chi connectivity index (χ4n) is 0.803. The highest BCUT2D eigenvalue weighted by Crippen LogP contribution is 1.98. The number of rotatable bonds is 2. The van der Waals surface area contributed by atoms with Gasteiger partial charge in [-0.15, -0.1) is 0 Å². The Labute approximate surface area is 64.7 Å². The summed E-state index contributed by atoms with van der Waals surface area (Å²) >= 11 is 0. The molecule has 1 heterocycles. The summed E-state index contributed by atoms with van der Waals surface area (Å²) in [4.78, 5) is 6.75. The lowest BCUT2D eigenvalue weighted by Crippen LogP contribution is -2.30. The van der Waals surface area contributed by atoms with Crippen LogP contribution in [0.4, 0.5) is 0 Å². The zero-order valence-corrected chi connectivity index (χ0v) is 6.33. The van der Waals surface area contributed by atoms with E-state index in [0.717, 1.165) is 11.4 Å². The third-order valence-electron chi connectivity index (χ3n) is 1.32. The molecule has 1 rings (SSSR count). The summed E-state index contributed by atoms with van der Waals surface area (Å²) in [5.74, 6) is 0.403. The van der Waals surface area contributed by atoms with Crippen LogP contribution in [0, 0.1) is 6.92 Å². The Bertz CT molecular complexity index is 284. The molecule has 0 saturated heterocycles. The molecule has 0 aliphatic heterocycles. The van der Waals surface area contributed by atoms with E-state index in [1.54, 1.807) is 0 Å². The maximum atomic E-state index is 5.53. The molecule has 0 atom stereocenters. The second kappa shape index (κ2) is 3.01. The number of hydrogen-bond acceptors (Lipinski definition) is 0. The first-order valence-corrected chi connectivity index (χ1v) is 3.26. The number of H-pyrrole nitrogens is 1. The van der Waals surface area contributed by atoms with Gasteiger partial charge >= 0.3 is 0 Å². The van der Waals surface area contributed by atoms with Gasteiger partial charge in [0.1, 0.15) is 5.69 Å². The molecule has 0 bridgehead atoms. The predicted octanol–water partition coefficient (Wildman–Crippen LogP) is -1.18. The third kappa shape index (κ3) is 1.67. The predicted molar refractivity (Wildman–Crippen MR) is 44.2 cm³/mol. The van der Waals surface area contributed by atoms with Crippen molar-refractivity contribution in [1.29, 1.82) is 0 Å². The standard InChI is InChI=1S/C7H10N4/c1-5-2-3-6(11-5)7(9)10-4-8/h2-4,11H,1H3,(H3,8,9,10)/p+1. The van der Waals surface area contributed by atoms with E-state index in [-0.39, 0.29) is 0 Å². The van der Waals surface area contributed by atoms with E-state index in [1.807, 2.05) is 19.1 Å². The summed E-state index contributed by atoms with van der Waals surface area (Å²) in [5.41, 5.74) is 7.37. The number of aromatic amines is 1. The van der Waals surface area contributed by atoms with Crippen LogP contribution in [0.2, 0.25) is 0 Å². The first kappa shape index (κ1) is 7.53. The molecule has 0 amide bonds. The lowest BCUT2D eigenvalue weighted by atomic mass is 10.4. The Hall–Kier alpha value is -1.58. The first-order valence-electron chi connectivity index (χ1n) is 3.26. The van der Waals surface area contributed by atoms with Crippen molar-refractivity contribution >= 4 is 12.2 Å². The van der Waals surface area contributed by atoms with Crippen molar-refractivity contribution in [3.63, 3.8) is 0 Å². The van der Waals surface area contributed by atoms with Crippen molar-refractivity contribution in [2.75, 3.05) is 0 Å². The van der Waals surface area contributed by atoms with Gasteiger partial charge in [-0.05, 0) is 24.0 Å². The quantitative estimate of drug-likeness (QED) is 0.361. The van der Waals surface area contributed by atoms with Gasteiger partial charge in [0.05, 0.1) is 0 Å². The fraction of sp³-hybridized carbons (Fsp3) is 0.143. The van der Waals surface area contributed by atoms with Gasteiger partial charge in [-0.3, -0.25) is 5.41 Å². The van der Waals surface area contributed by atoms with Crippen LogP contribution in [0.5, 0.6) is 0 Å². The van der Waals surface area contributed by atoms with E-state index in [9.17, 15) is 0 Å². The molecule has 4 heteroatoms. The smallest absolute Gasteiger partial charge is 0.280 e. The minimum atomic E-state index is 0.403. The summed E-state index contributed by atoms with van der Waals surface area (Å²) < 4.78 is 0. The maximum absolute atomic E-state index is 5.53. The molecule has 58 valence electrons. The summed E-state index contributed by atoms with van der Waals surface area (Å²) in [6.07, 6.45) is 1.17. The van der Waals surface area contributed by atoms with Crippen LogP contribution < -0.4 is 11.1 Å². The van der Waals surface area contributed by atoms with E-state index in [1.165, 1.54) is 6.34 Å². The topological polar surface area (TPSA) is 79.8 Å². The molecule has 5 N–H and O–H groups in total. The van der Waals surface area contributed by atoms with E-state index in [0.29, 0.717) is 5.84 Å². The maximum Gasteiger partial charge on any atom is 0.280 e. The average Bonchev–Trinajstić information content (AvgIpc) is 2.36. The molecule has 0 fully saturated rings. The minimum absolute atomic E-state index is 0.403. The molecule has 4 nitrogen and oxygen atoms in total. The van der Waals surface area contributed by atoms with Crippen LogP contribution in [-0.4, -0.2) is 17.2 Å². The molecular formula is C7H11N4+. The van der Waals surface area contributed by atoms with Gasteiger partial charge in [-0.25, -0.2) is 0 Å². The highest BCUT2D eigenvalue weighted by Gasteiger charge is 2.02. The monoisotopic (exact) mass is 151 g/mol. The van der Waals surface area contributed by atoms with Gasteiger partial charge in [-0.1, -0.05) is 0 Å². The Morgan fingerprint density at radius 2 is 2.45 bits per heavy atom. The number of nitrogens with one attached hydrogen (secondary N) is 1. The molecule has 0 aliphatic rings. The molecule has 0 aromatic carbocycles. The van der Waals surface area contributed by atoms with Gasteiger partial charge in [0, 0.05) is 5.69 Å². The minimum Gasteiger partial charge on any atom is -0.361 e. The molecule has 11 heavy (non-hydrogen) atoms. The highest BCUT2D eigenvalue weighted by molar-refractivity contribution is 5.99. The average molecular weight is 151 g/mol. The van der Waals surface area contributed by atoms with E-state index < -0.39 is 0 Å². The van der Waals surface area contributed by atoms with Crippen molar-refractivity contribution in [3.8, 4) is 0 Å². The van der Waals surface area contributed by atoms with Crippen LogP contribution in [0.3, 0.4) is 0 Å². The molecule has 0 radical (unpaired) electrons. The normalized spacial score (nSPS) is 11.5. The van der Waals surface area contributed by atoms with Gasteiger partial charge in [0.25, 0.3) is 12.2 Å². The number of hydrogen-bond donors (Lipinski definition) is 3. The van der Waals surface area contributed by atoms with Crippen molar-refractivity contribution in [3.05, 3.63) is 23.5 Å². The van der Waals surface area contributed by atoms with Crippen LogP contribution in [-0.2, 0) is 0 Å². The zero-order valence-electron chi connectivity index (χ0n) is 6.33. The SMILES string of the molecule is Cc1ccc(C(N)=NC=[NH2+])[nH]1. The van der Waals surface area contributed by atoms with Gasteiger partial charge in [0.15, 0.2) is 0 Å². The number of nitrogens with zero attached hydrogens (tertiary/aromatic N) is 1. The number of aromatic nitrogens is 1. The van der Waals surface area contributed by atoms with Crippen LogP contribution in [0.25, 0.3) is 0 Å². The second-order valence-electron chi connectivity index (χ2n) is 2.22. The van der Waals surface area contributed by atoms with Crippen molar-refractivity contribution in [1.82, 2.24) is 4.98 Å². The van der Waals surface area contributed by atoms with Crippen LogP contribution in [0.1, 0.15) is 11.4 Å². The Balaban J connectivity index is 2.93. The second-order valence-corrected chi connectivity index (χ2v) is 2.22. The molecule has 1 aromatic rings. The first-order chi connectivity index (χ1) is 5.24. The zero-order chi connectivity index (χ0) is 8.27. The van der Waals surface area contributed by atoms with E-state index >= 15 is 0 Å². The lowest BCUT2D eigenvalue weighted by Gasteiger charge is -1.86. The largest absolute Gasteiger partial charge is 0.361 e. The number of aryl methyl sites for hydroxylation is 1. The Morgan fingerprint density at radius 1 is 1.73 bits per heavy atom. The number of amidine groups is 1. The van der Waals surface area contributed by atoms with Crippen molar-refractivity contribution in [2.24, 2.45) is 10.7 Å². The van der Waals surface area contributed by atoms with E-state index in [2.05, 4.69) is 9.98 Å². The summed E-state index contributed by atoms with van der Waals surface area (Å²) in [5, 5.41) is 5.07. The highest BCUT2D eigenvalue weighted by atomic mass is 14.9. The Kier molecular flexibility index (Phi) is 2.06. The lowest BCUT2D eigenvalue weighted by molar-refractivity contribution is -0.106. The van der Waals surface area contributed by atoms with E-state index in [4.69, 9.17) is 11.1 Å². The Morgan fingerprint density at radius 3 is 2.91 bits per heavy atom. The van der Waals surface area contributed by atoms with Crippen molar-refractivity contribution in [2.45, 2.75) is 6.92 Å². The third-order valence-corrected chi connectivity index (χ3v) is 1.32. The van der Waals surface area contributed by atoms with Gasteiger partial charge in [0.2, 0.25) is 0 Å². The van der Waals surface area contributed by atoms with Crippen LogP contribution in [0.15, 0.2) is 17.1 Å². The van der Waals surface area contributed by atoms with Gasteiger partial charge < -0.3 is 10.7 Å². The number of nitrogens with two attached hydrogens (primary N) is 2. The fourth-order valence-corrected chi connectivity index (χ4v) is 0.803. The molecule has 0 unspecified atom stereocenters. The summed E-state index contributed by atoms with van der Waals surface area (Å²) in [6.45, 7) is 1.95. The van der Waals surface area contributed by atoms with Crippen molar-refractivity contribution < 1.29 is 5.41 Å². The van der Waals surface area contributed by atoms with Gasteiger partial charge in [-0.2, -0.15) is 0 Å². The molecule has 0 spiro atoms. The van der Waals surface area contributed by atoms with Crippen LogP contribution >= 0.6 is 0 Å². The molecule has 1 aromatic heterocycles. The molecule has 0 aliphatic carbocycles. The molecule has 0 saturated carbocycles.